The van der Waals surface area contributed by atoms with Crippen molar-refractivity contribution < 1.29 is 0 Å². The van der Waals surface area contributed by atoms with E-state index in [0.717, 1.165) is 76.4 Å². The van der Waals surface area contributed by atoms with Gasteiger partial charge in [0, 0.05) is 63.9 Å². The smallest absolute Gasteiger partial charge is 0.138 e. The van der Waals surface area contributed by atoms with Crippen molar-refractivity contribution in [3.63, 3.8) is 0 Å². The summed E-state index contributed by atoms with van der Waals surface area (Å²) in [7, 11) is 0. The minimum absolute atomic E-state index is 0.963. The van der Waals surface area contributed by atoms with E-state index < -0.39 is 0 Å². The molecule has 0 bridgehead atoms. The maximum Gasteiger partial charge on any atom is 0.138 e. The highest BCUT2D eigenvalue weighted by molar-refractivity contribution is 5.94. The number of hydrogen-bond donors (Lipinski definition) is 0. The van der Waals surface area contributed by atoms with Crippen molar-refractivity contribution in [2.45, 2.75) is 6.92 Å². The number of likely N-dealkylation sites (N-methyl/N-ethyl adjacent to an activating group) is 1. The van der Waals surface area contributed by atoms with E-state index in [2.05, 4.69) is 74.0 Å². The zero-order chi connectivity index (χ0) is 20.3. The van der Waals surface area contributed by atoms with E-state index in [1.54, 1.807) is 0 Å². The van der Waals surface area contributed by atoms with Gasteiger partial charge in [-0.25, -0.2) is 9.97 Å². The standard InChI is InChI=1S/C24H30N6/c1-2-27-11-13-30(14-12-27)24-21-8-4-3-7-20(21)19-23(26-24)29-17-15-28(16-18-29)22-9-5-6-10-25-22/h3-10,19H,2,11-18H2,1H3. The van der Waals surface area contributed by atoms with Gasteiger partial charge in [0.1, 0.15) is 17.5 Å². The van der Waals surface area contributed by atoms with Crippen LogP contribution in [0.3, 0.4) is 0 Å². The van der Waals surface area contributed by atoms with Gasteiger partial charge in [0.15, 0.2) is 0 Å². The van der Waals surface area contributed by atoms with Crippen molar-refractivity contribution in [2.24, 2.45) is 0 Å². The fraction of sp³-hybridized carbons (Fsp3) is 0.417. The van der Waals surface area contributed by atoms with E-state index in [4.69, 9.17) is 4.98 Å². The Hall–Kier alpha value is -2.86. The molecular weight excluding hydrogens is 372 g/mol. The van der Waals surface area contributed by atoms with Crippen LogP contribution in [-0.4, -0.2) is 73.8 Å². The quantitative estimate of drug-likeness (QED) is 0.668. The Balaban J connectivity index is 1.39. The molecule has 4 heterocycles. The van der Waals surface area contributed by atoms with Crippen LogP contribution in [0.2, 0.25) is 0 Å². The number of rotatable bonds is 4. The molecule has 3 aromatic rings. The van der Waals surface area contributed by atoms with E-state index in [1.807, 2.05) is 12.3 Å². The fourth-order valence-corrected chi connectivity index (χ4v) is 4.55. The van der Waals surface area contributed by atoms with Gasteiger partial charge in [-0.05, 0) is 30.1 Å². The molecule has 5 rings (SSSR count). The Labute approximate surface area is 178 Å². The number of fused-ring (bicyclic) bond motifs is 1. The van der Waals surface area contributed by atoms with Crippen LogP contribution in [0.1, 0.15) is 6.92 Å². The molecule has 0 radical (unpaired) electrons. The van der Waals surface area contributed by atoms with Gasteiger partial charge in [0.2, 0.25) is 0 Å². The van der Waals surface area contributed by atoms with Gasteiger partial charge in [-0.1, -0.05) is 37.3 Å². The third kappa shape index (κ3) is 3.79. The molecule has 0 amide bonds. The first-order valence-corrected chi connectivity index (χ1v) is 11.1. The third-order valence-electron chi connectivity index (χ3n) is 6.40. The number of piperazine rings is 2. The number of hydrogen-bond acceptors (Lipinski definition) is 6. The molecule has 2 aliphatic rings. The predicted octanol–water partition coefficient (Wildman–Crippen LogP) is 3.10. The topological polar surface area (TPSA) is 38.7 Å². The van der Waals surface area contributed by atoms with Crippen LogP contribution in [0.4, 0.5) is 17.5 Å². The summed E-state index contributed by atoms with van der Waals surface area (Å²) >= 11 is 0. The molecule has 2 saturated heterocycles. The molecule has 156 valence electrons. The summed E-state index contributed by atoms with van der Waals surface area (Å²) in [5.41, 5.74) is 0. The maximum absolute atomic E-state index is 5.20. The SMILES string of the molecule is CCN1CCN(c2nc(N3CCN(c4ccccn4)CC3)cc3ccccc23)CC1. The van der Waals surface area contributed by atoms with E-state index >= 15 is 0 Å². The molecule has 0 saturated carbocycles. The number of anilines is 3. The van der Waals surface area contributed by atoms with Gasteiger partial charge >= 0.3 is 0 Å². The number of benzene rings is 1. The number of pyridine rings is 2. The molecule has 2 aliphatic heterocycles. The monoisotopic (exact) mass is 402 g/mol. The average molecular weight is 403 g/mol. The lowest BCUT2D eigenvalue weighted by atomic mass is 10.1. The Morgan fingerprint density at radius 1 is 0.733 bits per heavy atom. The van der Waals surface area contributed by atoms with Crippen molar-refractivity contribution >= 4 is 28.2 Å². The Morgan fingerprint density at radius 3 is 2.10 bits per heavy atom. The van der Waals surface area contributed by atoms with Crippen LogP contribution < -0.4 is 14.7 Å². The van der Waals surface area contributed by atoms with Crippen LogP contribution in [0.15, 0.2) is 54.7 Å². The molecular formula is C24H30N6. The minimum atomic E-state index is 0.963. The summed E-state index contributed by atoms with van der Waals surface area (Å²) in [5.74, 6) is 3.31. The largest absolute Gasteiger partial charge is 0.353 e. The van der Waals surface area contributed by atoms with E-state index in [-0.39, 0.29) is 0 Å². The van der Waals surface area contributed by atoms with Gasteiger partial charge in [-0.3, -0.25) is 0 Å². The Bertz CT molecular complexity index is 975. The summed E-state index contributed by atoms with van der Waals surface area (Å²) in [4.78, 5) is 19.5. The molecule has 1 aromatic carbocycles. The van der Waals surface area contributed by atoms with Crippen molar-refractivity contribution in [3.8, 4) is 0 Å². The maximum atomic E-state index is 5.20. The van der Waals surface area contributed by atoms with Gasteiger partial charge in [-0.15, -0.1) is 0 Å². The second kappa shape index (κ2) is 8.48. The molecule has 2 fully saturated rings. The molecule has 30 heavy (non-hydrogen) atoms. The Kier molecular flexibility index (Phi) is 5.41. The predicted molar refractivity (Wildman–Crippen MR) is 125 cm³/mol. The van der Waals surface area contributed by atoms with Crippen molar-refractivity contribution in [1.29, 1.82) is 0 Å². The lowest BCUT2D eigenvalue weighted by Gasteiger charge is -2.38. The number of nitrogens with zero attached hydrogens (tertiary/aromatic N) is 6. The fourth-order valence-electron chi connectivity index (χ4n) is 4.55. The first kappa shape index (κ1) is 19.1. The van der Waals surface area contributed by atoms with Crippen LogP contribution in [-0.2, 0) is 0 Å². The van der Waals surface area contributed by atoms with Crippen molar-refractivity contribution in [1.82, 2.24) is 14.9 Å². The zero-order valence-electron chi connectivity index (χ0n) is 17.7. The molecule has 6 nitrogen and oxygen atoms in total. The zero-order valence-corrected chi connectivity index (χ0v) is 17.7. The second-order valence-electron chi connectivity index (χ2n) is 8.11. The average Bonchev–Trinajstić information content (AvgIpc) is 2.84. The molecule has 0 atom stereocenters. The lowest BCUT2D eigenvalue weighted by Crippen LogP contribution is -2.48. The van der Waals surface area contributed by atoms with Gasteiger partial charge in [0.05, 0.1) is 0 Å². The summed E-state index contributed by atoms with van der Waals surface area (Å²) < 4.78 is 0. The lowest BCUT2D eigenvalue weighted by molar-refractivity contribution is 0.271. The summed E-state index contributed by atoms with van der Waals surface area (Å²) in [6.45, 7) is 11.5. The first-order valence-electron chi connectivity index (χ1n) is 11.1. The normalized spacial score (nSPS) is 18.2. The third-order valence-corrected chi connectivity index (χ3v) is 6.40. The van der Waals surface area contributed by atoms with Crippen LogP contribution in [0, 0.1) is 0 Å². The molecule has 0 unspecified atom stereocenters. The highest BCUT2D eigenvalue weighted by Gasteiger charge is 2.23. The van der Waals surface area contributed by atoms with Crippen LogP contribution in [0.25, 0.3) is 10.8 Å². The van der Waals surface area contributed by atoms with Gasteiger partial charge in [0.25, 0.3) is 0 Å². The van der Waals surface area contributed by atoms with E-state index in [1.165, 1.54) is 10.8 Å². The van der Waals surface area contributed by atoms with Crippen molar-refractivity contribution in [2.75, 3.05) is 73.6 Å². The van der Waals surface area contributed by atoms with Crippen LogP contribution >= 0.6 is 0 Å². The highest BCUT2D eigenvalue weighted by Crippen LogP contribution is 2.30. The van der Waals surface area contributed by atoms with E-state index in [9.17, 15) is 0 Å². The molecule has 0 spiro atoms. The van der Waals surface area contributed by atoms with E-state index in [0.29, 0.717) is 0 Å². The van der Waals surface area contributed by atoms with Crippen LogP contribution in [0.5, 0.6) is 0 Å². The molecule has 0 N–H and O–H groups in total. The Morgan fingerprint density at radius 2 is 1.40 bits per heavy atom. The second-order valence-corrected chi connectivity index (χ2v) is 8.11. The summed E-state index contributed by atoms with van der Waals surface area (Å²) in [6, 6.07) is 17.1. The highest BCUT2D eigenvalue weighted by atomic mass is 15.3. The molecule has 2 aromatic heterocycles. The summed E-state index contributed by atoms with van der Waals surface area (Å²) in [5, 5.41) is 2.54. The minimum Gasteiger partial charge on any atom is -0.353 e. The van der Waals surface area contributed by atoms with Gasteiger partial charge in [-0.2, -0.15) is 0 Å². The first-order chi connectivity index (χ1) is 14.8. The summed E-state index contributed by atoms with van der Waals surface area (Å²) in [6.07, 6.45) is 1.87. The van der Waals surface area contributed by atoms with Crippen molar-refractivity contribution in [3.05, 3.63) is 54.7 Å². The molecule has 6 heteroatoms. The van der Waals surface area contributed by atoms with Gasteiger partial charge < -0.3 is 19.6 Å². The number of aromatic nitrogens is 2. The molecule has 0 aliphatic carbocycles.